The average molecular weight is 260 g/mol. The topological polar surface area (TPSA) is 55.1 Å². The van der Waals surface area contributed by atoms with Crippen LogP contribution in [0.3, 0.4) is 0 Å². The van der Waals surface area contributed by atoms with Gasteiger partial charge >= 0.3 is 0 Å². The van der Waals surface area contributed by atoms with E-state index in [2.05, 4.69) is 32.2 Å². The van der Waals surface area contributed by atoms with Crippen molar-refractivity contribution in [3.05, 3.63) is 29.8 Å². The minimum atomic E-state index is -0.328. The van der Waals surface area contributed by atoms with Gasteiger partial charge in [-0.1, -0.05) is 45.4 Å². The maximum absolute atomic E-state index is 12.4. The van der Waals surface area contributed by atoms with E-state index in [1.54, 1.807) is 0 Å². The lowest BCUT2D eigenvalue weighted by Crippen LogP contribution is -2.47. The van der Waals surface area contributed by atoms with Gasteiger partial charge in [-0.25, -0.2) is 0 Å². The summed E-state index contributed by atoms with van der Waals surface area (Å²) in [5, 5.41) is 3.09. The van der Waals surface area contributed by atoms with Gasteiger partial charge in [0, 0.05) is 12.2 Å². The van der Waals surface area contributed by atoms with Crippen LogP contribution in [-0.2, 0) is 10.2 Å². The second-order valence-electron chi connectivity index (χ2n) is 6.59. The number of hydrogen-bond acceptors (Lipinski definition) is 2. The van der Waals surface area contributed by atoms with E-state index in [0.717, 1.165) is 30.5 Å². The molecule has 1 fully saturated rings. The van der Waals surface area contributed by atoms with E-state index in [1.807, 2.05) is 18.2 Å². The van der Waals surface area contributed by atoms with Gasteiger partial charge in [-0.2, -0.15) is 0 Å². The third-order valence-electron chi connectivity index (χ3n) is 4.17. The van der Waals surface area contributed by atoms with Gasteiger partial charge in [-0.3, -0.25) is 4.79 Å². The molecule has 104 valence electrons. The molecule has 1 amide bonds. The van der Waals surface area contributed by atoms with Gasteiger partial charge in [0.05, 0.1) is 5.41 Å². The van der Waals surface area contributed by atoms with Crippen LogP contribution in [0.2, 0.25) is 0 Å². The van der Waals surface area contributed by atoms with E-state index in [4.69, 9.17) is 5.73 Å². The number of carbonyl (C=O) groups is 1. The minimum Gasteiger partial charge on any atom is -0.329 e. The van der Waals surface area contributed by atoms with Gasteiger partial charge in [0.15, 0.2) is 0 Å². The maximum Gasteiger partial charge on any atom is 0.231 e. The van der Waals surface area contributed by atoms with Crippen LogP contribution in [0.25, 0.3) is 0 Å². The Labute approximate surface area is 115 Å². The van der Waals surface area contributed by atoms with E-state index in [-0.39, 0.29) is 16.7 Å². The zero-order valence-electron chi connectivity index (χ0n) is 12.1. The highest BCUT2D eigenvalue weighted by molar-refractivity contribution is 5.96. The molecule has 0 spiro atoms. The Kier molecular flexibility index (Phi) is 3.68. The SMILES string of the molecule is CC(C)(C)c1ccccc1NC(=O)C1(CN)CCC1. The summed E-state index contributed by atoms with van der Waals surface area (Å²) in [7, 11) is 0. The van der Waals surface area contributed by atoms with Crippen molar-refractivity contribution in [1.29, 1.82) is 0 Å². The van der Waals surface area contributed by atoms with Crippen molar-refractivity contribution in [2.75, 3.05) is 11.9 Å². The first-order chi connectivity index (χ1) is 8.89. The first-order valence-corrected chi connectivity index (χ1v) is 7.00. The summed E-state index contributed by atoms with van der Waals surface area (Å²) in [6, 6.07) is 8.02. The lowest BCUT2D eigenvalue weighted by molar-refractivity contribution is -0.129. The lowest BCUT2D eigenvalue weighted by atomic mass is 9.68. The molecule has 3 nitrogen and oxygen atoms in total. The van der Waals surface area contributed by atoms with Crippen molar-refractivity contribution < 1.29 is 4.79 Å². The van der Waals surface area contributed by atoms with E-state index in [0.29, 0.717) is 6.54 Å². The molecule has 0 aromatic heterocycles. The molecule has 0 heterocycles. The Morgan fingerprint density at radius 3 is 2.42 bits per heavy atom. The van der Waals surface area contributed by atoms with Crippen molar-refractivity contribution in [3.8, 4) is 0 Å². The molecule has 0 unspecified atom stereocenters. The predicted octanol–water partition coefficient (Wildman–Crippen LogP) is 3.05. The number of para-hydroxylation sites is 1. The molecule has 2 rings (SSSR count). The quantitative estimate of drug-likeness (QED) is 0.877. The van der Waals surface area contributed by atoms with Gasteiger partial charge in [0.1, 0.15) is 0 Å². The molecule has 1 aliphatic rings. The predicted molar refractivity (Wildman–Crippen MR) is 79.1 cm³/mol. The standard InChI is InChI=1S/C16H24N2O/c1-15(2,3)12-7-4-5-8-13(12)18-14(19)16(11-17)9-6-10-16/h4-5,7-8H,6,9-11,17H2,1-3H3,(H,18,19). The number of carbonyl (C=O) groups excluding carboxylic acids is 1. The molecule has 0 radical (unpaired) electrons. The number of benzene rings is 1. The highest BCUT2D eigenvalue weighted by atomic mass is 16.2. The monoisotopic (exact) mass is 260 g/mol. The van der Waals surface area contributed by atoms with E-state index in [9.17, 15) is 4.79 Å². The molecule has 0 aliphatic heterocycles. The maximum atomic E-state index is 12.4. The van der Waals surface area contributed by atoms with Gasteiger partial charge < -0.3 is 11.1 Å². The van der Waals surface area contributed by atoms with Crippen LogP contribution in [-0.4, -0.2) is 12.5 Å². The number of nitrogens with two attached hydrogens (primary N) is 1. The lowest BCUT2D eigenvalue weighted by Gasteiger charge is -2.39. The highest BCUT2D eigenvalue weighted by Gasteiger charge is 2.43. The van der Waals surface area contributed by atoms with Crippen molar-refractivity contribution in [1.82, 2.24) is 0 Å². The zero-order chi connectivity index (χ0) is 14.1. The summed E-state index contributed by atoms with van der Waals surface area (Å²) < 4.78 is 0. The van der Waals surface area contributed by atoms with Crippen molar-refractivity contribution in [2.45, 2.75) is 45.4 Å². The second-order valence-corrected chi connectivity index (χ2v) is 6.59. The van der Waals surface area contributed by atoms with Crippen LogP contribution in [0.1, 0.15) is 45.6 Å². The molecule has 19 heavy (non-hydrogen) atoms. The molecule has 3 N–H and O–H groups in total. The smallest absolute Gasteiger partial charge is 0.231 e. The number of rotatable bonds is 3. The average Bonchev–Trinajstić information content (AvgIpc) is 2.27. The largest absolute Gasteiger partial charge is 0.329 e. The number of amides is 1. The summed E-state index contributed by atoms with van der Waals surface area (Å²) >= 11 is 0. The van der Waals surface area contributed by atoms with Gasteiger partial charge in [-0.15, -0.1) is 0 Å². The first kappa shape index (κ1) is 14.1. The molecular weight excluding hydrogens is 236 g/mol. The fourth-order valence-electron chi connectivity index (χ4n) is 2.63. The first-order valence-electron chi connectivity index (χ1n) is 7.00. The van der Waals surface area contributed by atoms with Crippen LogP contribution in [0.5, 0.6) is 0 Å². The van der Waals surface area contributed by atoms with Gasteiger partial charge in [0.2, 0.25) is 5.91 Å². The summed E-state index contributed by atoms with van der Waals surface area (Å²) in [6.45, 7) is 6.90. The van der Waals surface area contributed by atoms with E-state index < -0.39 is 0 Å². The second kappa shape index (κ2) is 4.97. The van der Waals surface area contributed by atoms with Gasteiger partial charge in [-0.05, 0) is 29.9 Å². The van der Waals surface area contributed by atoms with E-state index in [1.165, 1.54) is 0 Å². The molecular formula is C16H24N2O. The van der Waals surface area contributed by atoms with Crippen LogP contribution in [0, 0.1) is 5.41 Å². The highest BCUT2D eigenvalue weighted by Crippen LogP contribution is 2.41. The zero-order valence-corrected chi connectivity index (χ0v) is 12.1. The van der Waals surface area contributed by atoms with Crippen LogP contribution >= 0.6 is 0 Å². The molecule has 1 aromatic rings. The molecule has 1 aliphatic carbocycles. The Morgan fingerprint density at radius 1 is 1.32 bits per heavy atom. The number of anilines is 1. The molecule has 3 heteroatoms. The Hall–Kier alpha value is -1.35. The molecule has 1 saturated carbocycles. The van der Waals surface area contributed by atoms with Crippen LogP contribution in [0.15, 0.2) is 24.3 Å². The Bertz CT molecular complexity index is 464. The van der Waals surface area contributed by atoms with Gasteiger partial charge in [0.25, 0.3) is 0 Å². The van der Waals surface area contributed by atoms with Crippen LogP contribution in [0.4, 0.5) is 5.69 Å². The Morgan fingerprint density at radius 2 is 1.95 bits per heavy atom. The van der Waals surface area contributed by atoms with Crippen molar-refractivity contribution in [3.63, 3.8) is 0 Å². The molecule has 1 aromatic carbocycles. The number of hydrogen-bond donors (Lipinski definition) is 2. The fraction of sp³-hybridized carbons (Fsp3) is 0.562. The summed E-state index contributed by atoms with van der Waals surface area (Å²) in [5.41, 5.74) is 7.55. The summed E-state index contributed by atoms with van der Waals surface area (Å²) in [4.78, 5) is 12.4. The van der Waals surface area contributed by atoms with Crippen molar-refractivity contribution >= 4 is 11.6 Å². The Balaban J connectivity index is 2.22. The molecule has 0 atom stereocenters. The third-order valence-corrected chi connectivity index (χ3v) is 4.17. The minimum absolute atomic E-state index is 0.0133. The molecule has 0 bridgehead atoms. The number of nitrogens with one attached hydrogen (secondary N) is 1. The third kappa shape index (κ3) is 2.66. The molecule has 0 saturated heterocycles. The van der Waals surface area contributed by atoms with Crippen LogP contribution < -0.4 is 11.1 Å². The van der Waals surface area contributed by atoms with E-state index >= 15 is 0 Å². The summed E-state index contributed by atoms with van der Waals surface area (Å²) in [5.74, 6) is 0.0814. The summed E-state index contributed by atoms with van der Waals surface area (Å²) in [6.07, 6.45) is 2.92. The van der Waals surface area contributed by atoms with Crippen molar-refractivity contribution in [2.24, 2.45) is 11.1 Å². The normalized spacial score (nSPS) is 17.7. The fourth-order valence-corrected chi connectivity index (χ4v) is 2.63.